The summed E-state index contributed by atoms with van der Waals surface area (Å²) in [6.45, 7) is 20.4. The van der Waals surface area contributed by atoms with Crippen molar-refractivity contribution in [1.82, 2.24) is 10.0 Å². The second-order valence-electron chi connectivity index (χ2n) is 10.6. The molecule has 0 saturated carbocycles. The van der Waals surface area contributed by atoms with Crippen LogP contribution >= 0.6 is 0 Å². The van der Waals surface area contributed by atoms with E-state index in [0.29, 0.717) is 0 Å². The average molecular weight is 522 g/mol. The lowest BCUT2D eigenvalue weighted by Crippen LogP contribution is -2.38. The Balaban J connectivity index is 2.13. The quantitative estimate of drug-likeness (QED) is 0.284. The third-order valence-corrected chi connectivity index (χ3v) is 7.83. The summed E-state index contributed by atoms with van der Waals surface area (Å²) in [7, 11) is 4.03. The molecule has 0 unspecified atom stereocenters. The molecule has 0 radical (unpaired) electrons. The first-order chi connectivity index (χ1) is 17.9. The zero-order valence-corrected chi connectivity index (χ0v) is 24.4. The molecule has 0 atom stereocenters. The summed E-state index contributed by atoms with van der Waals surface area (Å²) in [5, 5.41) is 4.45. The van der Waals surface area contributed by atoms with Crippen LogP contribution in [0.25, 0.3) is 5.57 Å². The van der Waals surface area contributed by atoms with Crippen molar-refractivity contribution < 1.29 is 8.78 Å². The molecule has 5 heteroatoms. The summed E-state index contributed by atoms with van der Waals surface area (Å²) in [5.41, 5.74) is 9.01. The van der Waals surface area contributed by atoms with Crippen molar-refractivity contribution in [2.75, 3.05) is 32.1 Å². The highest BCUT2D eigenvalue weighted by atomic mass is 19.3. The number of hydrogen-bond acceptors (Lipinski definition) is 3. The van der Waals surface area contributed by atoms with E-state index in [1.54, 1.807) is 12.1 Å². The Morgan fingerprint density at radius 1 is 1.03 bits per heavy atom. The van der Waals surface area contributed by atoms with E-state index in [4.69, 9.17) is 0 Å². The molecule has 1 heterocycles. The lowest BCUT2D eigenvalue weighted by Gasteiger charge is -2.36. The summed E-state index contributed by atoms with van der Waals surface area (Å²) in [6.07, 6.45) is 11.3. The lowest BCUT2D eigenvalue weighted by atomic mass is 9.88. The van der Waals surface area contributed by atoms with Crippen molar-refractivity contribution in [2.45, 2.75) is 72.6 Å². The van der Waals surface area contributed by atoms with Gasteiger partial charge in [-0.3, -0.25) is 0 Å². The molecule has 0 aromatic heterocycles. The fourth-order valence-corrected chi connectivity index (χ4v) is 5.55. The van der Waals surface area contributed by atoms with Crippen LogP contribution < -0.4 is 4.90 Å². The topological polar surface area (TPSA) is 9.72 Å². The molecule has 38 heavy (non-hydrogen) atoms. The van der Waals surface area contributed by atoms with Gasteiger partial charge in [-0.05, 0) is 69.2 Å². The van der Waals surface area contributed by atoms with Gasteiger partial charge in [-0.25, -0.2) is 13.8 Å². The van der Waals surface area contributed by atoms with Crippen LogP contribution in [0, 0.1) is 0 Å². The van der Waals surface area contributed by atoms with Crippen molar-refractivity contribution in [2.24, 2.45) is 0 Å². The number of anilines is 1. The molecule has 0 bridgehead atoms. The molecule has 0 N–H and O–H groups in total. The standard InChI is InChI=1S/C33H45F2N3/c1-10-26-16-12-13-17-29(28(26)11-2)30-22-27(33(7,34)35)18-19-31(30)36(8)24(5)32(23(3)4)25(6)37(9)38-20-14-15-21-38/h12-13,17-19,22H,5-6,10-11,14-16,20-21H2,1-4,7-9H3. The largest absolute Gasteiger partial charge is 0.344 e. The first-order valence-electron chi connectivity index (χ1n) is 13.8. The molecule has 0 spiro atoms. The number of hydrazine groups is 1. The molecule has 206 valence electrons. The second kappa shape index (κ2) is 12.3. The zero-order valence-electron chi connectivity index (χ0n) is 24.4. The third-order valence-electron chi connectivity index (χ3n) is 7.83. The SMILES string of the molecule is C=C(C(C(=C)N(C)N1CCCC1)=C(C)C)N(C)c1ccc(C(C)(F)F)cc1C1=CC=CCC(CC)=C1CC. The Hall–Kier alpha value is -2.92. The Bertz CT molecular complexity index is 1180. The maximum atomic E-state index is 14.6. The van der Waals surface area contributed by atoms with Crippen LogP contribution in [-0.2, 0) is 5.92 Å². The van der Waals surface area contributed by atoms with Gasteiger partial charge in [0.2, 0.25) is 0 Å². The Labute approximate surface area is 229 Å². The van der Waals surface area contributed by atoms with Gasteiger partial charge in [-0.15, -0.1) is 0 Å². The summed E-state index contributed by atoms with van der Waals surface area (Å²) in [6, 6.07) is 5.02. The molecule has 1 aliphatic heterocycles. The smallest absolute Gasteiger partial charge is 0.270 e. The fraction of sp³-hybridized carbons (Fsp3) is 0.455. The summed E-state index contributed by atoms with van der Waals surface area (Å²) >= 11 is 0. The number of benzene rings is 1. The minimum absolute atomic E-state index is 0.0125. The van der Waals surface area contributed by atoms with E-state index < -0.39 is 5.92 Å². The van der Waals surface area contributed by atoms with Crippen LogP contribution in [0.4, 0.5) is 14.5 Å². The highest BCUT2D eigenvalue weighted by Crippen LogP contribution is 2.42. The van der Waals surface area contributed by atoms with Gasteiger partial charge in [0.15, 0.2) is 0 Å². The molecule has 0 amide bonds. The zero-order chi connectivity index (χ0) is 28.2. The van der Waals surface area contributed by atoms with Gasteiger partial charge in [-0.1, -0.05) is 62.4 Å². The van der Waals surface area contributed by atoms with E-state index in [2.05, 4.69) is 76.1 Å². The molecule has 1 fully saturated rings. The van der Waals surface area contributed by atoms with Crippen LogP contribution in [-0.4, -0.2) is 37.2 Å². The minimum atomic E-state index is -2.94. The van der Waals surface area contributed by atoms with E-state index in [-0.39, 0.29) is 5.56 Å². The van der Waals surface area contributed by atoms with Crippen LogP contribution in [0.5, 0.6) is 0 Å². The van der Waals surface area contributed by atoms with Gasteiger partial charge < -0.3 is 9.91 Å². The maximum Gasteiger partial charge on any atom is 0.270 e. The first kappa shape index (κ1) is 29.6. The molecule has 1 aliphatic carbocycles. The number of rotatable bonds is 10. The molecule has 2 aliphatic rings. The summed E-state index contributed by atoms with van der Waals surface area (Å²) < 4.78 is 29.1. The van der Waals surface area contributed by atoms with Crippen LogP contribution in [0.15, 0.2) is 83.3 Å². The van der Waals surface area contributed by atoms with E-state index in [1.807, 2.05) is 18.0 Å². The third kappa shape index (κ3) is 6.20. The summed E-state index contributed by atoms with van der Waals surface area (Å²) in [5.74, 6) is -2.94. The van der Waals surface area contributed by atoms with Crippen molar-refractivity contribution >= 4 is 11.3 Å². The maximum absolute atomic E-state index is 14.6. The lowest BCUT2D eigenvalue weighted by molar-refractivity contribution is 0.0174. The normalized spacial score (nSPS) is 16.3. The highest BCUT2D eigenvalue weighted by molar-refractivity contribution is 5.89. The monoisotopic (exact) mass is 521 g/mol. The molecular formula is C33H45F2N3. The predicted molar refractivity (Wildman–Crippen MR) is 159 cm³/mol. The molecule has 1 saturated heterocycles. The van der Waals surface area contributed by atoms with Gasteiger partial charge in [-0.2, -0.15) is 0 Å². The number of halogens is 2. The first-order valence-corrected chi connectivity index (χ1v) is 13.8. The van der Waals surface area contributed by atoms with Crippen molar-refractivity contribution in [3.8, 4) is 0 Å². The van der Waals surface area contributed by atoms with Crippen LogP contribution in [0.3, 0.4) is 0 Å². The molecule has 1 aromatic rings. The molecule has 1 aromatic carbocycles. The van der Waals surface area contributed by atoms with E-state index in [0.717, 1.165) is 78.6 Å². The van der Waals surface area contributed by atoms with E-state index in [1.165, 1.54) is 24.0 Å². The minimum Gasteiger partial charge on any atom is -0.344 e. The van der Waals surface area contributed by atoms with E-state index >= 15 is 0 Å². The number of hydrogen-bond donors (Lipinski definition) is 0. The number of allylic oxidation sites excluding steroid dienone is 7. The molecule has 3 nitrogen and oxygen atoms in total. The fourth-order valence-electron chi connectivity index (χ4n) is 5.55. The van der Waals surface area contributed by atoms with Crippen molar-refractivity contribution in [3.05, 3.63) is 94.4 Å². The number of likely N-dealkylation sites (N-methyl/N-ethyl adjacent to an activating group) is 2. The summed E-state index contributed by atoms with van der Waals surface area (Å²) in [4.78, 5) is 2.03. The Morgan fingerprint density at radius 2 is 1.68 bits per heavy atom. The van der Waals surface area contributed by atoms with Crippen LogP contribution in [0.2, 0.25) is 0 Å². The Kier molecular flexibility index (Phi) is 9.59. The van der Waals surface area contributed by atoms with Crippen LogP contribution in [0.1, 0.15) is 77.8 Å². The predicted octanol–water partition coefficient (Wildman–Crippen LogP) is 9.00. The van der Waals surface area contributed by atoms with Gasteiger partial charge in [0, 0.05) is 62.2 Å². The average Bonchev–Trinajstić information content (AvgIpc) is 3.33. The second-order valence-corrected chi connectivity index (χ2v) is 10.6. The van der Waals surface area contributed by atoms with Gasteiger partial charge in [0.05, 0.1) is 5.70 Å². The number of nitrogens with zero attached hydrogens (tertiary/aromatic N) is 3. The van der Waals surface area contributed by atoms with Crippen molar-refractivity contribution in [3.63, 3.8) is 0 Å². The van der Waals surface area contributed by atoms with Gasteiger partial charge in [0.1, 0.15) is 0 Å². The molecular weight excluding hydrogens is 476 g/mol. The van der Waals surface area contributed by atoms with E-state index in [9.17, 15) is 8.78 Å². The van der Waals surface area contributed by atoms with Gasteiger partial charge >= 0.3 is 0 Å². The van der Waals surface area contributed by atoms with Gasteiger partial charge in [0.25, 0.3) is 5.92 Å². The number of alkyl halides is 2. The molecule has 3 rings (SSSR count). The Morgan fingerprint density at radius 3 is 2.24 bits per heavy atom. The van der Waals surface area contributed by atoms with Crippen molar-refractivity contribution in [1.29, 1.82) is 0 Å². The highest BCUT2D eigenvalue weighted by Gasteiger charge is 2.29.